The number of amides is 1. The number of phenolic OH excluding ortho intramolecular Hbond substituents is 1. The predicted octanol–water partition coefficient (Wildman–Crippen LogP) is 3.03. The Bertz CT molecular complexity index is 552. The highest BCUT2D eigenvalue weighted by Gasteiger charge is 2.04. The Labute approximate surface area is 119 Å². The molecule has 1 amide bonds. The third kappa shape index (κ3) is 4.43. The normalized spacial score (nSPS) is 10.2. The van der Waals surface area contributed by atoms with Crippen LogP contribution in [0.25, 0.3) is 0 Å². The minimum atomic E-state index is 0.0178. The molecule has 0 aromatic heterocycles. The van der Waals surface area contributed by atoms with Gasteiger partial charge in [-0.2, -0.15) is 0 Å². The van der Waals surface area contributed by atoms with Gasteiger partial charge in [-0.1, -0.05) is 48.5 Å². The topological polar surface area (TPSA) is 49.3 Å². The van der Waals surface area contributed by atoms with Crippen LogP contribution in [0.3, 0.4) is 0 Å². The number of hydrogen-bond donors (Lipinski definition) is 2. The second kappa shape index (κ2) is 7.34. The maximum atomic E-state index is 11.7. The van der Waals surface area contributed by atoms with Crippen LogP contribution >= 0.6 is 0 Å². The van der Waals surface area contributed by atoms with Crippen molar-refractivity contribution in [3.8, 4) is 5.75 Å². The Morgan fingerprint density at radius 1 is 1.00 bits per heavy atom. The molecule has 0 aliphatic carbocycles. The van der Waals surface area contributed by atoms with Gasteiger partial charge in [0.25, 0.3) is 0 Å². The van der Waals surface area contributed by atoms with E-state index in [-0.39, 0.29) is 11.7 Å². The van der Waals surface area contributed by atoms with Gasteiger partial charge in [0.2, 0.25) is 5.91 Å². The van der Waals surface area contributed by atoms with E-state index in [2.05, 4.69) is 17.4 Å². The van der Waals surface area contributed by atoms with E-state index < -0.39 is 0 Å². The summed E-state index contributed by atoms with van der Waals surface area (Å²) in [6.07, 6.45) is 2.24. The number of phenols is 1. The smallest absolute Gasteiger partial charge is 0.220 e. The molecule has 3 heteroatoms. The van der Waals surface area contributed by atoms with E-state index in [1.807, 2.05) is 24.3 Å². The van der Waals surface area contributed by atoms with Crippen molar-refractivity contribution in [3.05, 3.63) is 65.7 Å². The fourth-order valence-electron chi connectivity index (χ4n) is 2.04. The summed E-state index contributed by atoms with van der Waals surface area (Å²) in [5.74, 6) is 0.237. The van der Waals surface area contributed by atoms with Crippen LogP contribution in [0.5, 0.6) is 5.75 Å². The molecule has 2 aromatic rings. The second-order valence-corrected chi connectivity index (χ2v) is 4.74. The molecule has 0 saturated carbocycles. The van der Waals surface area contributed by atoms with Gasteiger partial charge in [0, 0.05) is 18.5 Å². The van der Waals surface area contributed by atoms with Gasteiger partial charge in [-0.05, 0) is 24.5 Å². The lowest BCUT2D eigenvalue weighted by Crippen LogP contribution is -2.22. The zero-order valence-electron chi connectivity index (χ0n) is 11.4. The molecule has 0 radical (unpaired) electrons. The standard InChI is InChI=1S/C17H19NO2/c19-16-11-5-4-10-15(16)13-18-17(20)12-6-9-14-7-2-1-3-8-14/h1-5,7-8,10-11,19H,6,9,12-13H2,(H,18,20). The SMILES string of the molecule is O=C(CCCc1ccccc1)NCc1ccccc1O. The quantitative estimate of drug-likeness (QED) is 0.847. The van der Waals surface area contributed by atoms with E-state index in [1.54, 1.807) is 18.2 Å². The Morgan fingerprint density at radius 2 is 1.70 bits per heavy atom. The zero-order valence-corrected chi connectivity index (χ0v) is 11.4. The maximum Gasteiger partial charge on any atom is 0.220 e. The largest absolute Gasteiger partial charge is 0.508 e. The van der Waals surface area contributed by atoms with Crippen molar-refractivity contribution in [1.29, 1.82) is 0 Å². The Morgan fingerprint density at radius 3 is 2.45 bits per heavy atom. The summed E-state index contributed by atoms with van der Waals surface area (Å²) >= 11 is 0. The molecule has 0 atom stereocenters. The van der Waals surface area contributed by atoms with E-state index >= 15 is 0 Å². The number of benzene rings is 2. The molecule has 104 valence electrons. The monoisotopic (exact) mass is 269 g/mol. The van der Waals surface area contributed by atoms with Crippen molar-refractivity contribution in [1.82, 2.24) is 5.32 Å². The molecule has 3 nitrogen and oxygen atoms in total. The van der Waals surface area contributed by atoms with Crippen LogP contribution < -0.4 is 5.32 Å². The second-order valence-electron chi connectivity index (χ2n) is 4.74. The minimum absolute atomic E-state index is 0.0178. The van der Waals surface area contributed by atoms with E-state index in [0.717, 1.165) is 18.4 Å². The lowest BCUT2D eigenvalue weighted by Gasteiger charge is -2.07. The molecule has 0 fully saturated rings. The van der Waals surface area contributed by atoms with E-state index in [1.165, 1.54) is 5.56 Å². The lowest BCUT2D eigenvalue weighted by molar-refractivity contribution is -0.121. The molecule has 0 spiro atoms. The minimum Gasteiger partial charge on any atom is -0.508 e. The number of carbonyl (C=O) groups is 1. The molecule has 0 aliphatic rings. The van der Waals surface area contributed by atoms with E-state index in [0.29, 0.717) is 13.0 Å². The fraction of sp³-hybridized carbons (Fsp3) is 0.235. The summed E-state index contributed by atoms with van der Waals surface area (Å²) in [5, 5.41) is 12.4. The molecule has 2 N–H and O–H groups in total. The number of carbonyl (C=O) groups excluding carboxylic acids is 1. The van der Waals surface area contributed by atoms with Crippen LogP contribution in [0.2, 0.25) is 0 Å². The van der Waals surface area contributed by atoms with Gasteiger partial charge in [0.1, 0.15) is 5.75 Å². The molecule has 20 heavy (non-hydrogen) atoms. The molecule has 2 rings (SSSR count). The average Bonchev–Trinajstić information content (AvgIpc) is 2.47. The van der Waals surface area contributed by atoms with Crippen molar-refractivity contribution in [2.24, 2.45) is 0 Å². The summed E-state index contributed by atoms with van der Waals surface area (Å²) in [4.78, 5) is 11.7. The zero-order chi connectivity index (χ0) is 14.2. The van der Waals surface area contributed by atoms with E-state index in [4.69, 9.17) is 0 Å². The average molecular weight is 269 g/mol. The van der Waals surface area contributed by atoms with E-state index in [9.17, 15) is 9.90 Å². The van der Waals surface area contributed by atoms with Crippen LogP contribution in [0, 0.1) is 0 Å². The number of hydrogen-bond acceptors (Lipinski definition) is 2. The molecule has 0 saturated heterocycles. The van der Waals surface area contributed by atoms with Gasteiger partial charge in [0.05, 0.1) is 0 Å². The fourth-order valence-corrected chi connectivity index (χ4v) is 2.04. The third-order valence-electron chi connectivity index (χ3n) is 3.18. The van der Waals surface area contributed by atoms with Crippen LogP contribution in [0.4, 0.5) is 0 Å². The highest BCUT2D eigenvalue weighted by molar-refractivity contribution is 5.75. The molecule has 0 bridgehead atoms. The lowest BCUT2D eigenvalue weighted by atomic mass is 10.1. The van der Waals surface area contributed by atoms with Crippen molar-refractivity contribution in [2.75, 3.05) is 0 Å². The first-order valence-electron chi connectivity index (χ1n) is 6.83. The number of aromatic hydroxyl groups is 1. The van der Waals surface area contributed by atoms with Crippen LogP contribution in [-0.4, -0.2) is 11.0 Å². The maximum absolute atomic E-state index is 11.7. The first-order chi connectivity index (χ1) is 9.75. The van der Waals surface area contributed by atoms with Gasteiger partial charge in [0.15, 0.2) is 0 Å². The third-order valence-corrected chi connectivity index (χ3v) is 3.18. The Kier molecular flexibility index (Phi) is 5.18. The predicted molar refractivity (Wildman–Crippen MR) is 79.3 cm³/mol. The number of aryl methyl sites for hydroxylation is 1. The number of nitrogens with one attached hydrogen (secondary N) is 1. The summed E-state index contributed by atoms with van der Waals surface area (Å²) in [6, 6.07) is 17.2. The van der Waals surface area contributed by atoms with Crippen LogP contribution in [-0.2, 0) is 17.8 Å². The highest BCUT2D eigenvalue weighted by Crippen LogP contribution is 2.14. The molecular weight excluding hydrogens is 250 g/mol. The van der Waals surface area contributed by atoms with Gasteiger partial charge in [-0.3, -0.25) is 4.79 Å². The summed E-state index contributed by atoms with van der Waals surface area (Å²) in [6.45, 7) is 0.372. The molecule has 0 aliphatic heterocycles. The van der Waals surface area contributed by atoms with Crippen molar-refractivity contribution < 1.29 is 9.90 Å². The summed E-state index contributed by atoms with van der Waals surface area (Å²) in [5.41, 5.74) is 1.99. The van der Waals surface area contributed by atoms with Crippen LogP contribution in [0.1, 0.15) is 24.0 Å². The molecule has 2 aromatic carbocycles. The Hall–Kier alpha value is -2.29. The van der Waals surface area contributed by atoms with Crippen molar-refractivity contribution >= 4 is 5.91 Å². The van der Waals surface area contributed by atoms with Crippen molar-refractivity contribution in [3.63, 3.8) is 0 Å². The number of para-hydroxylation sites is 1. The first kappa shape index (κ1) is 14.1. The molecular formula is C17H19NO2. The van der Waals surface area contributed by atoms with Crippen LogP contribution in [0.15, 0.2) is 54.6 Å². The van der Waals surface area contributed by atoms with Crippen molar-refractivity contribution in [2.45, 2.75) is 25.8 Å². The van der Waals surface area contributed by atoms with Gasteiger partial charge in [-0.25, -0.2) is 0 Å². The summed E-state index contributed by atoms with van der Waals surface area (Å²) in [7, 11) is 0. The summed E-state index contributed by atoms with van der Waals surface area (Å²) < 4.78 is 0. The van der Waals surface area contributed by atoms with Gasteiger partial charge < -0.3 is 10.4 Å². The molecule has 0 unspecified atom stereocenters. The first-order valence-corrected chi connectivity index (χ1v) is 6.83. The Balaban J connectivity index is 1.70. The van der Waals surface area contributed by atoms with Gasteiger partial charge >= 0.3 is 0 Å². The van der Waals surface area contributed by atoms with Gasteiger partial charge in [-0.15, -0.1) is 0 Å². The highest BCUT2D eigenvalue weighted by atomic mass is 16.3. The molecule has 0 heterocycles. The number of rotatable bonds is 6.